The number of thiophene rings is 1. The monoisotopic (exact) mass is 642 g/mol. The van der Waals surface area contributed by atoms with E-state index in [-0.39, 0.29) is 25.9 Å². The van der Waals surface area contributed by atoms with Crippen LogP contribution in [0.1, 0.15) is 37.6 Å². The highest BCUT2D eigenvalue weighted by Gasteiger charge is 2.45. The summed E-state index contributed by atoms with van der Waals surface area (Å²) < 4.78 is 74.0. The number of likely N-dealkylation sites (tertiary alicyclic amines) is 1. The maximum Gasteiger partial charge on any atom is 0.493 e. The van der Waals surface area contributed by atoms with Gasteiger partial charge in [0.15, 0.2) is 0 Å². The lowest BCUT2D eigenvalue weighted by Crippen LogP contribution is -2.38. The number of carbonyl (C=O) groups excluding carboxylic acids is 1. The van der Waals surface area contributed by atoms with Gasteiger partial charge in [-0.3, -0.25) is 4.90 Å². The van der Waals surface area contributed by atoms with Crippen LogP contribution < -0.4 is 4.47 Å². The number of carbonyl (C=O) groups is 1. The number of fused-ring (bicyclic) bond motifs is 1. The zero-order valence-electron chi connectivity index (χ0n) is 23.0. The summed E-state index contributed by atoms with van der Waals surface area (Å²) >= 11 is 2.29. The third-order valence-corrected chi connectivity index (χ3v) is 10.8. The van der Waals surface area contributed by atoms with Crippen LogP contribution in [0.5, 0.6) is 0 Å². The molecule has 1 atom stereocenters. The summed E-state index contributed by atoms with van der Waals surface area (Å²) in [4.78, 5) is 24.6. The number of benzene rings is 1. The number of halogens is 3. The van der Waals surface area contributed by atoms with E-state index in [1.165, 1.54) is 41.0 Å². The molecule has 4 heterocycles. The van der Waals surface area contributed by atoms with Gasteiger partial charge in [-0.25, -0.2) is 9.78 Å². The second-order valence-corrected chi connectivity index (χ2v) is 14.1. The van der Waals surface area contributed by atoms with E-state index >= 15 is 0 Å². The summed E-state index contributed by atoms with van der Waals surface area (Å²) in [5.41, 5.74) is 0.720. The minimum atomic E-state index is -5.42. The molecule has 226 valence electrons. The van der Waals surface area contributed by atoms with Crippen LogP contribution in [0.25, 0.3) is 21.6 Å². The van der Waals surface area contributed by atoms with Gasteiger partial charge in [0.2, 0.25) is 0 Å². The van der Waals surface area contributed by atoms with Crippen molar-refractivity contribution in [3.05, 3.63) is 52.9 Å². The summed E-state index contributed by atoms with van der Waals surface area (Å²) in [6.45, 7) is 6.06. The number of aromatic nitrogens is 2. The van der Waals surface area contributed by atoms with Crippen LogP contribution >= 0.6 is 22.7 Å². The second-order valence-electron chi connectivity index (χ2n) is 10.1. The summed E-state index contributed by atoms with van der Waals surface area (Å²) in [7, 11) is -3.02. The lowest BCUT2D eigenvalue weighted by molar-refractivity contribution is -0.199. The number of anilines is 1. The Morgan fingerprint density at radius 2 is 2.02 bits per heavy atom. The van der Waals surface area contributed by atoms with Crippen molar-refractivity contribution in [1.29, 1.82) is 0 Å². The van der Waals surface area contributed by atoms with Gasteiger partial charge in [-0.05, 0) is 56.8 Å². The molecule has 5 rings (SSSR count). The van der Waals surface area contributed by atoms with Crippen LogP contribution in [-0.4, -0.2) is 61.3 Å². The van der Waals surface area contributed by atoms with Gasteiger partial charge in [-0.1, -0.05) is 22.7 Å². The average molecular weight is 643 g/mol. The Kier molecular flexibility index (Phi) is 8.67. The van der Waals surface area contributed by atoms with Gasteiger partial charge >= 0.3 is 22.2 Å². The molecule has 1 aromatic carbocycles. The molecule has 3 aromatic heterocycles. The lowest BCUT2D eigenvalue weighted by atomic mass is 10.2. The van der Waals surface area contributed by atoms with Crippen LogP contribution in [0.4, 0.5) is 18.9 Å². The van der Waals surface area contributed by atoms with Crippen LogP contribution in [0.3, 0.4) is 0 Å². The number of ether oxygens (including phenoxy) is 1. The molecule has 15 heteroatoms. The van der Waals surface area contributed by atoms with Crippen molar-refractivity contribution in [3.8, 4) is 10.7 Å². The van der Waals surface area contributed by atoms with Gasteiger partial charge in [0.05, 0.1) is 17.8 Å². The molecule has 0 aliphatic carbocycles. The fraction of sp³-hybridized carbons (Fsp3) is 0.407. The second kappa shape index (κ2) is 12.0. The molecular weight excluding hydrogens is 614 g/mol. The van der Waals surface area contributed by atoms with E-state index in [2.05, 4.69) is 14.7 Å². The first kappa shape index (κ1) is 30.5. The summed E-state index contributed by atoms with van der Waals surface area (Å²) in [5, 5.41) is 2.68. The molecule has 0 amide bonds. The number of thiazole rings is 1. The minimum Gasteiger partial charge on any atom is -0.383 e. The fourth-order valence-corrected chi connectivity index (χ4v) is 8.39. The van der Waals surface area contributed by atoms with E-state index in [0.29, 0.717) is 35.3 Å². The van der Waals surface area contributed by atoms with Crippen LogP contribution in [0.2, 0.25) is 0 Å². The minimum absolute atomic E-state index is 0.0796. The van der Waals surface area contributed by atoms with E-state index in [0.717, 1.165) is 35.6 Å². The van der Waals surface area contributed by atoms with Crippen molar-refractivity contribution < 1.29 is 36.0 Å². The molecule has 1 saturated heterocycles. The number of para-hydroxylation sites is 1. The SMILES string of the molecule is COC[C@@H]1CCCN1Cc1cnc(-c2cc3cccc(N(OC(=O)C(F)(F)F)S(=O)(=O)c4cccs4)c3n2C(C)C)s1. The smallest absolute Gasteiger partial charge is 0.383 e. The van der Waals surface area contributed by atoms with Gasteiger partial charge in [0.25, 0.3) is 0 Å². The molecule has 0 saturated carbocycles. The van der Waals surface area contributed by atoms with Gasteiger partial charge in [-0.15, -0.1) is 22.7 Å². The summed E-state index contributed by atoms with van der Waals surface area (Å²) in [6, 6.07) is 9.09. The van der Waals surface area contributed by atoms with Gasteiger partial charge in [0, 0.05) is 42.2 Å². The summed E-state index contributed by atoms with van der Waals surface area (Å²) in [6.07, 6.45) is -1.46. The zero-order valence-corrected chi connectivity index (χ0v) is 25.4. The molecule has 4 aromatic rings. The number of nitrogens with zero attached hydrogens (tertiary/aromatic N) is 4. The highest BCUT2D eigenvalue weighted by Crippen LogP contribution is 2.40. The predicted octanol–water partition coefficient (Wildman–Crippen LogP) is 6.23. The Balaban J connectivity index is 1.60. The number of sulfonamides is 1. The van der Waals surface area contributed by atoms with Gasteiger partial charge < -0.3 is 14.1 Å². The topological polar surface area (TPSA) is 94.0 Å². The van der Waals surface area contributed by atoms with E-state index in [1.54, 1.807) is 17.7 Å². The molecular formula is C27H29F3N4O5S3. The van der Waals surface area contributed by atoms with Crippen molar-refractivity contribution in [2.24, 2.45) is 0 Å². The highest BCUT2D eigenvalue weighted by molar-refractivity contribution is 7.94. The third-order valence-electron chi connectivity index (χ3n) is 6.91. The summed E-state index contributed by atoms with van der Waals surface area (Å²) in [5.74, 6) is -2.65. The Bertz CT molecular complexity index is 1670. The molecule has 9 nitrogen and oxygen atoms in total. The van der Waals surface area contributed by atoms with Crippen LogP contribution in [0.15, 0.2) is 52.2 Å². The highest BCUT2D eigenvalue weighted by atomic mass is 32.2. The van der Waals surface area contributed by atoms with Crippen molar-refractivity contribution >= 4 is 55.3 Å². The van der Waals surface area contributed by atoms with Crippen LogP contribution in [-0.2, 0) is 30.9 Å². The number of hydrogen-bond acceptors (Lipinski definition) is 9. The van der Waals surface area contributed by atoms with Crippen LogP contribution in [0, 0.1) is 0 Å². The van der Waals surface area contributed by atoms with E-state index in [4.69, 9.17) is 4.74 Å². The third kappa shape index (κ3) is 5.93. The average Bonchev–Trinajstić information content (AvgIpc) is 3.73. The molecule has 0 N–H and O–H groups in total. The van der Waals surface area contributed by atoms with Gasteiger partial charge in [0.1, 0.15) is 14.9 Å². The standard InChI is InChI=1S/C27H29F3N4O5S3/c1-17(2)33-22(25-31-14-20(41-25)15-32-11-5-8-19(32)16-38-3)13-18-7-4-9-21(24(18)33)34(39-26(35)27(28,29)30)42(36,37)23-10-6-12-40-23/h4,6-7,9-10,12-14,17,19H,5,8,11,15-16H2,1-3H3/t19-/m0/s1. The molecule has 0 radical (unpaired) electrons. The molecule has 0 spiro atoms. The largest absolute Gasteiger partial charge is 0.493 e. The van der Waals surface area contributed by atoms with Crippen molar-refractivity contribution in [2.45, 2.75) is 55.7 Å². The lowest BCUT2D eigenvalue weighted by Gasteiger charge is -2.24. The molecule has 1 fully saturated rings. The van der Waals surface area contributed by atoms with Crippen molar-refractivity contribution in [1.82, 2.24) is 14.5 Å². The molecule has 0 bridgehead atoms. The first-order chi connectivity index (χ1) is 19.9. The maximum atomic E-state index is 13.6. The first-order valence-electron chi connectivity index (χ1n) is 13.1. The Morgan fingerprint density at radius 3 is 2.69 bits per heavy atom. The Morgan fingerprint density at radius 1 is 1.24 bits per heavy atom. The first-order valence-corrected chi connectivity index (χ1v) is 16.3. The predicted molar refractivity (Wildman–Crippen MR) is 155 cm³/mol. The quantitative estimate of drug-likeness (QED) is 0.189. The fourth-order valence-electron chi connectivity index (χ4n) is 5.14. The Hall–Kier alpha value is -2.98. The molecule has 0 unspecified atom stereocenters. The number of methoxy groups -OCH3 is 1. The number of rotatable bonds is 10. The van der Waals surface area contributed by atoms with Gasteiger partial charge in [-0.2, -0.15) is 21.6 Å². The van der Waals surface area contributed by atoms with E-state index in [9.17, 15) is 26.4 Å². The van der Waals surface area contributed by atoms with E-state index in [1.807, 2.05) is 26.1 Å². The Labute approximate surface area is 249 Å². The zero-order chi connectivity index (χ0) is 30.2. The van der Waals surface area contributed by atoms with Crippen molar-refractivity contribution in [3.63, 3.8) is 0 Å². The maximum absolute atomic E-state index is 13.6. The number of alkyl halides is 3. The molecule has 1 aliphatic rings. The molecule has 42 heavy (non-hydrogen) atoms. The van der Waals surface area contributed by atoms with Crippen molar-refractivity contribution in [2.75, 3.05) is 24.7 Å². The normalized spacial score (nSPS) is 16.5. The molecule has 1 aliphatic heterocycles. The number of hydrogen-bond donors (Lipinski definition) is 0. The van der Waals surface area contributed by atoms with E-state index < -0.39 is 22.2 Å².